The second-order valence-corrected chi connectivity index (χ2v) is 7.51. The molecule has 0 atom stereocenters. The summed E-state index contributed by atoms with van der Waals surface area (Å²) < 4.78 is 36.0. The van der Waals surface area contributed by atoms with Gasteiger partial charge in [0.2, 0.25) is 4.80 Å². The van der Waals surface area contributed by atoms with Crippen LogP contribution in [0.4, 0.5) is 0 Å². The number of rotatable bonds is 4. The minimum absolute atomic E-state index is 0.104. The summed E-state index contributed by atoms with van der Waals surface area (Å²) in [6.45, 7) is -0.107. The van der Waals surface area contributed by atoms with Crippen molar-refractivity contribution in [3.8, 4) is 0 Å². The standard InChI is InChI=1S/C16H14N2O4S2/c1-22-15(19)11-18-13-9-5-6-10-14(13)23-16(18)17-24(20,21)12-7-3-2-4-8-12/h2-10H,11H2,1H3/b17-16-. The number of thiazole rings is 1. The molecule has 0 N–H and O–H groups in total. The van der Waals surface area contributed by atoms with Gasteiger partial charge in [0.1, 0.15) is 6.54 Å². The van der Waals surface area contributed by atoms with Crippen molar-refractivity contribution in [2.75, 3.05) is 7.11 Å². The Morgan fingerprint density at radius 2 is 1.79 bits per heavy atom. The fraction of sp³-hybridized carbons (Fsp3) is 0.125. The maximum Gasteiger partial charge on any atom is 0.325 e. The van der Waals surface area contributed by atoms with Crippen molar-refractivity contribution in [2.24, 2.45) is 4.40 Å². The molecule has 24 heavy (non-hydrogen) atoms. The average Bonchev–Trinajstić information content (AvgIpc) is 2.92. The molecule has 0 saturated heterocycles. The van der Waals surface area contributed by atoms with Crippen LogP contribution in [0.3, 0.4) is 0 Å². The number of hydrogen-bond donors (Lipinski definition) is 0. The lowest BCUT2D eigenvalue weighted by Crippen LogP contribution is -2.22. The first-order valence-electron chi connectivity index (χ1n) is 7.02. The molecule has 3 rings (SSSR count). The van der Waals surface area contributed by atoms with E-state index in [0.29, 0.717) is 0 Å². The second kappa shape index (κ2) is 6.58. The number of sulfonamides is 1. The summed E-state index contributed by atoms with van der Waals surface area (Å²) in [6.07, 6.45) is 0. The van der Waals surface area contributed by atoms with Crippen molar-refractivity contribution >= 4 is 37.5 Å². The van der Waals surface area contributed by atoms with Gasteiger partial charge in [0.25, 0.3) is 10.0 Å². The molecule has 0 spiro atoms. The van der Waals surface area contributed by atoms with Crippen LogP contribution in [-0.2, 0) is 26.1 Å². The fourth-order valence-electron chi connectivity index (χ4n) is 2.19. The minimum atomic E-state index is -3.86. The number of carbonyl (C=O) groups is 1. The molecule has 0 radical (unpaired) electrons. The number of methoxy groups -OCH3 is 1. The summed E-state index contributed by atoms with van der Waals surface area (Å²) in [5.74, 6) is -0.475. The predicted octanol–water partition coefficient (Wildman–Crippen LogP) is 2.17. The Morgan fingerprint density at radius 3 is 2.50 bits per heavy atom. The minimum Gasteiger partial charge on any atom is -0.468 e. The van der Waals surface area contributed by atoms with Crippen molar-refractivity contribution in [3.63, 3.8) is 0 Å². The monoisotopic (exact) mass is 362 g/mol. The van der Waals surface area contributed by atoms with Crippen molar-refractivity contribution in [1.82, 2.24) is 4.57 Å². The Kier molecular flexibility index (Phi) is 4.50. The van der Waals surface area contributed by atoms with Crippen molar-refractivity contribution in [2.45, 2.75) is 11.4 Å². The normalized spacial score (nSPS) is 12.5. The van der Waals surface area contributed by atoms with Crippen LogP contribution in [0.5, 0.6) is 0 Å². The highest BCUT2D eigenvalue weighted by atomic mass is 32.2. The summed E-state index contributed by atoms with van der Waals surface area (Å²) in [5, 5.41) is 0. The van der Waals surface area contributed by atoms with Crippen molar-refractivity contribution in [3.05, 3.63) is 59.4 Å². The highest BCUT2D eigenvalue weighted by Gasteiger charge is 2.15. The third-order valence-corrected chi connectivity index (χ3v) is 5.80. The molecule has 0 aliphatic carbocycles. The Balaban J connectivity index is 2.22. The summed E-state index contributed by atoms with van der Waals surface area (Å²) in [4.78, 5) is 12.0. The van der Waals surface area contributed by atoms with Gasteiger partial charge in [-0.3, -0.25) is 4.79 Å². The van der Waals surface area contributed by atoms with Gasteiger partial charge < -0.3 is 9.30 Å². The van der Waals surface area contributed by atoms with Gasteiger partial charge in [-0.25, -0.2) is 0 Å². The summed E-state index contributed by atoms with van der Waals surface area (Å²) in [5.41, 5.74) is 0.731. The van der Waals surface area contributed by atoms with Crippen LogP contribution >= 0.6 is 11.3 Å². The molecule has 1 heterocycles. The van der Waals surface area contributed by atoms with E-state index in [4.69, 9.17) is 4.74 Å². The molecule has 0 fully saturated rings. The molecule has 0 amide bonds. The van der Waals surface area contributed by atoms with Gasteiger partial charge in [-0.1, -0.05) is 41.7 Å². The SMILES string of the molecule is COC(=O)Cn1/c(=N/S(=O)(=O)c2ccccc2)sc2ccccc21. The van der Waals surface area contributed by atoms with Gasteiger partial charge in [0.15, 0.2) is 0 Å². The lowest BCUT2D eigenvalue weighted by Gasteiger charge is -2.03. The molecular formula is C16H14N2O4S2. The zero-order valence-corrected chi connectivity index (χ0v) is 14.4. The molecule has 0 aliphatic heterocycles. The summed E-state index contributed by atoms with van der Waals surface area (Å²) >= 11 is 1.21. The van der Waals surface area contributed by atoms with Gasteiger partial charge in [-0.15, -0.1) is 4.40 Å². The lowest BCUT2D eigenvalue weighted by atomic mass is 10.3. The van der Waals surface area contributed by atoms with Crippen LogP contribution in [0, 0.1) is 0 Å². The van der Waals surface area contributed by atoms with E-state index in [9.17, 15) is 13.2 Å². The number of fused-ring (bicyclic) bond motifs is 1. The fourth-order valence-corrected chi connectivity index (χ4v) is 4.44. The van der Waals surface area contributed by atoms with Gasteiger partial charge in [-0.2, -0.15) is 8.42 Å². The molecular weight excluding hydrogens is 348 g/mol. The molecule has 2 aromatic carbocycles. The maximum atomic E-state index is 12.5. The molecule has 0 saturated carbocycles. The highest BCUT2D eigenvalue weighted by Crippen LogP contribution is 2.18. The molecule has 0 unspecified atom stereocenters. The predicted molar refractivity (Wildman–Crippen MR) is 91.0 cm³/mol. The Morgan fingerprint density at radius 1 is 1.12 bits per heavy atom. The second-order valence-electron chi connectivity index (χ2n) is 4.89. The molecule has 3 aromatic rings. The van der Waals surface area contributed by atoms with E-state index in [1.54, 1.807) is 22.8 Å². The van der Waals surface area contributed by atoms with E-state index in [2.05, 4.69) is 4.40 Å². The van der Waals surface area contributed by atoms with E-state index in [1.165, 1.54) is 30.6 Å². The highest BCUT2D eigenvalue weighted by molar-refractivity contribution is 7.90. The number of aromatic nitrogens is 1. The number of carbonyl (C=O) groups excluding carboxylic acids is 1. The molecule has 0 bridgehead atoms. The van der Waals surface area contributed by atoms with E-state index < -0.39 is 16.0 Å². The van der Waals surface area contributed by atoms with E-state index in [0.717, 1.165) is 10.2 Å². The first-order chi connectivity index (χ1) is 11.5. The van der Waals surface area contributed by atoms with Gasteiger partial charge >= 0.3 is 5.97 Å². The van der Waals surface area contributed by atoms with E-state index >= 15 is 0 Å². The maximum absolute atomic E-state index is 12.5. The number of para-hydroxylation sites is 1. The van der Waals surface area contributed by atoms with Crippen molar-refractivity contribution in [1.29, 1.82) is 0 Å². The first-order valence-corrected chi connectivity index (χ1v) is 9.28. The van der Waals surface area contributed by atoms with Gasteiger partial charge in [-0.05, 0) is 24.3 Å². The first kappa shape index (κ1) is 16.4. The van der Waals surface area contributed by atoms with Crippen LogP contribution in [0.1, 0.15) is 0 Å². The van der Waals surface area contributed by atoms with Crippen molar-refractivity contribution < 1.29 is 17.9 Å². The van der Waals surface area contributed by atoms with E-state index in [-0.39, 0.29) is 16.2 Å². The van der Waals surface area contributed by atoms with Gasteiger partial charge in [0, 0.05) is 0 Å². The Labute approximate surface area is 142 Å². The molecule has 8 heteroatoms. The average molecular weight is 362 g/mol. The molecule has 6 nitrogen and oxygen atoms in total. The van der Waals surface area contributed by atoms with Crippen LogP contribution in [0.2, 0.25) is 0 Å². The Bertz CT molecular complexity index is 1050. The Hall–Kier alpha value is -2.45. The third kappa shape index (κ3) is 3.24. The summed E-state index contributed by atoms with van der Waals surface area (Å²) in [6, 6.07) is 15.3. The topological polar surface area (TPSA) is 77.7 Å². The van der Waals surface area contributed by atoms with Crippen LogP contribution < -0.4 is 4.80 Å². The number of hydrogen-bond acceptors (Lipinski definition) is 5. The number of esters is 1. The van der Waals surface area contributed by atoms with Crippen LogP contribution in [-0.4, -0.2) is 26.1 Å². The van der Waals surface area contributed by atoms with Gasteiger partial charge in [0.05, 0.1) is 22.2 Å². The molecule has 0 aliphatic rings. The number of ether oxygens (including phenoxy) is 1. The third-order valence-electron chi connectivity index (χ3n) is 3.34. The largest absolute Gasteiger partial charge is 0.468 e. The van der Waals surface area contributed by atoms with Crippen LogP contribution in [0.25, 0.3) is 10.2 Å². The van der Waals surface area contributed by atoms with Crippen LogP contribution in [0.15, 0.2) is 63.9 Å². The number of benzene rings is 2. The quantitative estimate of drug-likeness (QED) is 0.667. The summed E-state index contributed by atoms with van der Waals surface area (Å²) in [7, 11) is -2.58. The zero-order chi connectivity index (χ0) is 17.2. The smallest absolute Gasteiger partial charge is 0.325 e. The number of nitrogens with zero attached hydrogens (tertiary/aromatic N) is 2. The van der Waals surface area contributed by atoms with E-state index in [1.807, 2.05) is 24.3 Å². The lowest BCUT2D eigenvalue weighted by molar-refractivity contribution is -0.141. The zero-order valence-electron chi connectivity index (χ0n) is 12.7. The molecule has 124 valence electrons. The molecule has 1 aromatic heterocycles.